The van der Waals surface area contributed by atoms with E-state index >= 15 is 0 Å². The lowest BCUT2D eigenvalue weighted by atomic mass is 10.1. The van der Waals surface area contributed by atoms with Gasteiger partial charge in [0.15, 0.2) is 0 Å². The van der Waals surface area contributed by atoms with Crippen LogP contribution in [0.3, 0.4) is 0 Å². The molecule has 7 nitrogen and oxygen atoms in total. The molecule has 0 radical (unpaired) electrons. The van der Waals surface area contributed by atoms with Gasteiger partial charge in [0, 0.05) is 17.6 Å². The fourth-order valence-corrected chi connectivity index (χ4v) is 6.61. The van der Waals surface area contributed by atoms with Gasteiger partial charge in [-0.25, -0.2) is 8.42 Å². The lowest BCUT2D eigenvalue weighted by Gasteiger charge is -2.33. The summed E-state index contributed by atoms with van der Waals surface area (Å²) in [5.41, 5.74) is 2.87. The van der Waals surface area contributed by atoms with Gasteiger partial charge in [0.2, 0.25) is 11.8 Å². The van der Waals surface area contributed by atoms with Crippen LogP contribution in [0.15, 0.2) is 77.7 Å². The van der Waals surface area contributed by atoms with Crippen molar-refractivity contribution >= 4 is 39.1 Å². The molecule has 1 fully saturated rings. The molecule has 1 atom stereocenters. The van der Waals surface area contributed by atoms with Crippen molar-refractivity contribution in [1.82, 2.24) is 10.2 Å². The average molecular weight is 582 g/mol. The number of benzene rings is 3. The minimum atomic E-state index is -4.14. The third-order valence-electron chi connectivity index (χ3n) is 7.39. The number of hydrogen-bond acceptors (Lipinski definition) is 4. The van der Waals surface area contributed by atoms with Crippen LogP contribution < -0.4 is 9.62 Å². The Morgan fingerprint density at radius 3 is 2.27 bits per heavy atom. The molecule has 0 unspecified atom stereocenters. The molecular formula is C31H36ClN3O4S. The van der Waals surface area contributed by atoms with Crippen LogP contribution in [0, 0.1) is 13.8 Å². The second-order valence-corrected chi connectivity index (χ2v) is 12.7. The first-order chi connectivity index (χ1) is 19.1. The second kappa shape index (κ2) is 12.9. The van der Waals surface area contributed by atoms with Gasteiger partial charge in [-0.3, -0.25) is 13.9 Å². The topological polar surface area (TPSA) is 86.8 Å². The van der Waals surface area contributed by atoms with E-state index in [4.69, 9.17) is 11.6 Å². The zero-order chi connectivity index (χ0) is 28.9. The van der Waals surface area contributed by atoms with Gasteiger partial charge in [-0.2, -0.15) is 0 Å². The van der Waals surface area contributed by atoms with Gasteiger partial charge in [-0.1, -0.05) is 78.5 Å². The molecule has 0 saturated heterocycles. The predicted molar refractivity (Wildman–Crippen MR) is 159 cm³/mol. The van der Waals surface area contributed by atoms with Crippen molar-refractivity contribution in [2.45, 2.75) is 70.0 Å². The van der Waals surface area contributed by atoms with Gasteiger partial charge in [-0.05, 0) is 69.0 Å². The van der Waals surface area contributed by atoms with Crippen molar-refractivity contribution in [3.05, 3.63) is 94.5 Å². The van der Waals surface area contributed by atoms with E-state index in [1.807, 2.05) is 31.2 Å². The Bertz CT molecular complexity index is 1440. The van der Waals surface area contributed by atoms with Crippen LogP contribution in [0.2, 0.25) is 5.02 Å². The van der Waals surface area contributed by atoms with Crippen LogP contribution in [-0.2, 0) is 26.2 Å². The molecule has 4 rings (SSSR count). The summed E-state index contributed by atoms with van der Waals surface area (Å²) in [5.74, 6) is -0.739. The molecule has 212 valence electrons. The van der Waals surface area contributed by atoms with Crippen LogP contribution in [0.4, 0.5) is 5.69 Å². The van der Waals surface area contributed by atoms with Crippen molar-refractivity contribution in [2.75, 3.05) is 10.8 Å². The Labute approximate surface area is 242 Å². The van der Waals surface area contributed by atoms with E-state index in [-0.39, 0.29) is 23.4 Å². The summed E-state index contributed by atoms with van der Waals surface area (Å²) < 4.78 is 28.9. The van der Waals surface area contributed by atoms with Crippen molar-refractivity contribution in [2.24, 2.45) is 0 Å². The van der Waals surface area contributed by atoms with Gasteiger partial charge in [-0.15, -0.1) is 0 Å². The standard InChI is InChI=1S/C31H36ClN3O4S/c1-22-13-16-25(17-14-22)20-34(24(3)31(37)33-27-9-7-8-10-27)30(36)21-35(29-19-26(32)18-15-23(29)2)40(38,39)28-11-5-4-6-12-28/h4-6,11-19,24,27H,7-10,20-21H2,1-3H3,(H,33,37)/t24-/m1/s1. The summed E-state index contributed by atoms with van der Waals surface area (Å²) in [6.07, 6.45) is 3.97. The van der Waals surface area contributed by atoms with E-state index < -0.39 is 28.5 Å². The number of nitrogens with zero attached hydrogens (tertiary/aromatic N) is 2. The second-order valence-electron chi connectivity index (χ2n) is 10.4. The Hall–Kier alpha value is -3.36. The van der Waals surface area contributed by atoms with E-state index in [2.05, 4.69) is 5.32 Å². The zero-order valence-corrected chi connectivity index (χ0v) is 24.7. The van der Waals surface area contributed by atoms with Crippen LogP contribution in [0.1, 0.15) is 49.3 Å². The Balaban J connectivity index is 1.70. The molecule has 0 bridgehead atoms. The van der Waals surface area contributed by atoms with E-state index in [1.54, 1.807) is 50.2 Å². The molecule has 1 aliphatic carbocycles. The number of carbonyl (C=O) groups is 2. The fourth-order valence-electron chi connectivity index (χ4n) is 4.95. The maximum Gasteiger partial charge on any atom is 0.264 e. The van der Waals surface area contributed by atoms with Crippen molar-refractivity contribution < 1.29 is 18.0 Å². The largest absolute Gasteiger partial charge is 0.352 e. The summed E-state index contributed by atoms with van der Waals surface area (Å²) in [7, 11) is -4.14. The number of nitrogens with one attached hydrogen (secondary N) is 1. The maximum atomic E-state index is 14.1. The third-order valence-corrected chi connectivity index (χ3v) is 9.40. The fraction of sp³-hybridized carbons (Fsp3) is 0.355. The minimum Gasteiger partial charge on any atom is -0.352 e. The summed E-state index contributed by atoms with van der Waals surface area (Å²) in [4.78, 5) is 28.9. The highest BCUT2D eigenvalue weighted by molar-refractivity contribution is 7.92. The van der Waals surface area contributed by atoms with Crippen molar-refractivity contribution in [3.8, 4) is 0 Å². The monoisotopic (exact) mass is 581 g/mol. The van der Waals surface area contributed by atoms with Crippen LogP contribution in [-0.4, -0.2) is 43.8 Å². The van der Waals surface area contributed by atoms with Gasteiger partial charge in [0.1, 0.15) is 12.6 Å². The molecule has 0 spiro atoms. The van der Waals surface area contributed by atoms with E-state index in [0.29, 0.717) is 16.3 Å². The zero-order valence-electron chi connectivity index (χ0n) is 23.1. The number of hydrogen-bond donors (Lipinski definition) is 1. The van der Waals surface area contributed by atoms with Crippen molar-refractivity contribution in [1.29, 1.82) is 0 Å². The van der Waals surface area contributed by atoms with E-state index in [1.165, 1.54) is 17.0 Å². The number of aryl methyl sites for hydroxylation is 2. The maximum absolute atomic E-state index is 14.1. The third kappa shape index (κ3) is 7.04. The lowest BCUT2D eigenvalue weighted by Crippen LogP contribution is -2.52. The highest BCUT2D eigenvalue weighted by Gasteiger charge is 2.34. The molecule has 3 aromatic rings. The number of carbonyl (C=O) groups excluding carboxylic acids is 2. The summed E-state index contributed by atoms with van der Waals surface area (Å²) in [5, 5.41) is 3.43. The molecule has 3 aromatic carbocycles. The van der Waals surface area contributed by atoms with Gasteiger partial charge >= 0.3 is 0 Å². The van der Waals surface area contributed by atoms with Crippen molar-refractivity contribution in [3.63, 3.8) is 0 Å². The van der Waals surface area contributed by atoms with Gasteiger partial charge in [0.05, 0.1) is 10.6 Å². The quantitative estimate of drug-likeness (QED) is 0.336. The molecule has 0 aliphatic heterocycles. The molecule has 40 heavy (non-hydrogen) atoms. The summed E-state index contributed by atoms with van der Waals surface area (Å²) in [6, 6.07) is 19.9. The smallest absolute Gasteiger partial charge is 0.264 e. The molecule has 0 heterocycles. The first-order valence-corrected chi connectivity index (χ1v) is 15.4. The van der Waals surface area contributed by atoms with Crippen LogP contribution in [0.5, 0.6) is 0 Å². The van der Waals surface area contributed by atoms with Gasteiger partial charge < -0.3 is 10.2 Å². The summed E-state index contributed by atoms with van der Waals surface area (Å²) in [6.45, 7) is 5.10. The van der Waals surface area contributed by atoms with E-state index in [9.17, 15) is 18.0 Å². The Kier molecular flexibility index (Phi) is 9.53. The average Bonchev–Trinajstić information content (AvgIpc) is 3.45. The molecular weight excluding hydrogens is 546 g/mol. The first-order valence-electron chi connectivity index (χ1n) is 13.6. The first kappa shape index (κ1) is 29.6. The Morgan fingerprint density at radius 1 is 0.975 bits per heavy atom. The van der Waals surface area contributed by atoms with Crippen LogP contribution >= 0.6 is 11.6 Å². The molecule has 1 aliphatic rings. The molecule has 0 aromatic heterocycles. The molecule has 1 saturated carbocycles. The predicted octanol–water partition coefficient (Wildman–Crippen LogP) is 5.63. The van der Waals surface area contributed by atoms with Crippen LogP contribution in [0.25, 0.3) is 0 Å². The lowest BCUT2D eigenvalue weighted by molar-refractivity contribution is -0.139. The minimum absolute atomic E-state index is 0.0549. The van der Waals surface area contributed by atoms with Gasteiger partial charge in [0.25, 0.3) is 10.0 Å². The molecule has 1 N–H and O–H groups in total. The Morgan fingerprint density at radius 2 is 1.62 bits per heavy atom. The summed E-state index contributed by atoms with van der Waals surface area (Å²) >= 11 is 6.28. The number of halogens is 1. The number of anilines is 1. The SMILES string of the molecule is Cc1ccc(CN(C(=O)CN(c2cc(Cl)ccc2C)S(=O)(=O)c2ccccc2)[C@H](C)C(=O)NC2CCCC2)cc1. The highest BCUT2D eigenvalue weighted by atomic mass is 35.5. The highest BCUT2D eigenvalue weighted by Crippen LogP contribution is 2.30. The number of amides is 2. The molecule has 9 heteroatoms. The number of sulfonamides is 1. The molecule has 2 amide bonds. The number of rotatable bonds is 10. The van der Waals surface area contributed by atoms with E-state index in [0.717, 1.165) is 41.1 Å². The normalized spacial score (nSPS) is 14.5.